The topological polar surface area (TPSA) is 46.5 Å². The second-order valence-electron chi connectivity index (χ2n) is 3.35. The van der Waals surface area contributed by atoms with Crippen LogP contribution in [0.1, 0.15) is 26.2 Å². The van der Waals surface area contributed by atoms with Crippen molar-refractivity contribution < 1.29 is 19.0 Å². The summed E-state index contributed by atoms with van der Waals surface area (Å²) in [5.41, 5.74) is 0. The third-order valence-corrected chi connectivity index (χ3v) is 2.35. The minimum absolute atomic E-state index is 0.194. The third kappa shape index (κ3) is 2.66. The molecular weight excluding hydrogens is 175 g/mol. The number of hydrogen-bond donors (Lipinski definition) is 1. The number of esters is 1. The Bertz CT molecular complexity index is 184. The Balaban J connectivity index is 2.40. The lowest BCUT2D eigenvalue weighted by molar-refractivity contribution is -0.151. The van der Waals surface area contributed by atoms with E-state index >= 15 is 0 Å². The predicted octanol–water partition coefficient (Wildman–Crippen LogP) is 1.05. The smallest absolute Gasteiger partial charge is 0.309 e. The average molecular weight is 190 g/mol. The zero-order valence-electron chi connectivity index (χ0n) is 7.70. The van der Waals surface area contributed by atoms with Crippen LogP contribution in [-0.2, 0) is 9.53 Å². The SMILES string of the molecule is CCOC(=O)C1CCC(F)C(O)C1. The number of halogens is 1. The minimum Gasteiger partial charge on any atom is -0.466 e. The van der Waals surface area contributed by atoms with E-state index in [1.807, 2.05) is 0 Å². The summed E-state index contributed by atoms with van der Waals surface area (Å²) in [7, 11) is 0. The summed E-state index contributed by atoms with van der Waals surface area (Å²) in [6, 6.07) is 0. The lowest BCUT2D eigenvalue weighted by Gasteiger charge is -2.26. The van der Waals surface area contributed by atoms with Gasteiger partial charge >= 0.3 is 5.97 Å². The number of hydrogen-bond acceptors (Lipinski definition) is 3. The van der Waals surface area contributed by atoms with Gasteiger partial charge in [-0.3, -0.25) is 4.79 Å². The molecule has 3 nitrogen and oxygen atoms in total. The van der Waals surface area contributed by atoms with Crippen LogP contribution in [-0.4, -0.2) is 30.0 Å². The van der Waals surface area contributed by atoms with Crippen LogP contribution in [0.4, 0.5) is 4.39 Å². The van der Waals surface area contributed by atoms with Crippen LogP contribution in [0.5, 0.6) is 0 Å². The largest absolute Gasteiger partial charge is 0.466 e. The highest BCUT2D eigenvalue weighted by molar-refractivity contribution is 5.72. The molecule has 0 amide bonds. The van der Waals surface area contributed by atoms with Crippen molar-refractivity contribution in [3.05, 3.63) is 0 Å². The summed E-state index contributed by atoms with van der Waals surface area (Å²) in [6.07, 6.45) is -1.24. The summed E-state index contributed by atoms with van der Waals surface area (Å²) >= 11 is 0. The molecule has 0 aromatic rings. The van der Waals surface area contributed by atoms with Gasteiger partial charge in [-0.2, -0.15) is 0 Å². The van der Waals surface area contributed by atoms with Crippen LogP contribution < -0.4 is 0 Å². The van der Waals surface area contributed by atoms with Gasteiger partial charge in [0.15, 0.2) is 0 Å². The van der Waals surface area contributed by atoms with Crippen LogP contribution in [0.15, 0.2) is 0 Å². The van der Waals surface area contributed by atoms with Gasteiger partial charge in [0.1, 0.15) is 6.17 Å². The number of rotatable bonds is 2. The van der Waals surface area contributed by atoms with E-state index in [2.05, 4.69) is 0 Å². The first-order valence-electron chi connectivity index (χ1n) is 4.64. The summed E-state index contributed by atoms with van der Waals surface area (Å²) in [4.78, 5) is 11.2. The Hall–Kier alpha value is -0.640. The Morgan fingerprint density at radius 3 is 2.85 bits per heavy atom. The zero-order chi connectivity index (χ0) is 9.84. The first-order valence-corrected chi connectivity index (χ1v) is 4.64. The fourth-order valence-electron chi connectivity index (χ4n) is 1.58. The molecule has 0 aromatic carbocycles. The van der Waals surface area contributed by atoms with E-state index in [4.69, 9.17) is 4.74 Å². The second kappa shape index (κ2) is 4.56. The maximum Gasteiger partial charge on any atom is 0.309 e. The van der Waals surface area contributed by atoms with E-state index in [0.717, 1.165) is 0 Å². The molecule has 76 valence electrons. The lowest BCUT2D eigenvalue weighted by Crippen LogP contribution is -2.34. The highest BCUT2D eigenvalue weighted by Gasteiger charge is 2.33. The van der Waals surface area contributed by atoms with Gasteiger partial charge in [-0.25, -0.2) is 4.39 Å². The molecule has 1 aliphatic rings. The molecule has 1 fully saturated rings. The van der Waals surface area contributed by atoms with Crippen molar-refractivity contribution >= 4 is 5.97 Å². The number of aliphatic hydroxyl groups is 1. The molecule has 1 saturated carbocycles. The van der Waals surface area contributed by atoms with E-state index in [9.17, 15) is 14.3 Å². The number of ether oxygens (including phenoxy) is 1. The quantitative estimate of drug-likeness (QED) is 0.662. The Morgan fingerprint density at radius 2 is 2.31 bits per heavy atom. The van der Waals surface area contributed by atoms with Crippen LogP contribution in [0.25, 0.3) is 0 Å². The maximum atomic E-state index is 12.8. The molecule has 1 N–H and O–H groups in total. The van der Waals surface area contributed by atoms with Gasteiger partial charge < -0.3 is 9.84 Å². The Labute approximate surface area is 76.9 Å². The van der Waals surface area contributed by atoms with E-state index in [-0.39, 0.29) is 24.7 Å². The Morgan fingerprint density at radius 1 is 1.62 bits per heavy atom. The molecule has 0 bridgehead atoms. The van der Waals surface area contributed by atoms with E-state index in [1.165, 1.54) is 0 Å². The van der Waals surface area contributed by atoms with Crippen molar-refractivity contribution in [2.45, 2.75) is 38.5 Å². The van der Waals surface area contributed by atoms with Gasteiger partial charge in [0.2, 0.25) is 0 Å². The van der Waals surface area contributed by atoms with Crippen molar-refractivity contribution in [1.29, 1.82) is 0 Å². The van der Waals surface area contributed by atoms with E-state index in [0.29, 0.717) is 13.0 Å². The molecule has 0 radical (unpaired) electrons. The number of carbonyl (C=O) groups excluding carboxylic acids is 1. The monoisotopic (exact) mass is 190 g/mol. The standard InChI is InChI=1S/C9H15FO3/c1-2-13-9(12)6-3-4-7(10)8(11)5-6/h6-8,11H,2-5H2,1H3. The van der Waals surface area contributed by atoms with Gasteiger partial charge in [0.05, 0.1) is 18.6 Å². The van der Waals surface area contributed by atoms with Crippen LogP contribution >= 0.6 is 0 Å². The molecule has 4 heteroatoms. The fraction of sp³-hybridized carbons (Fsp3) is 0.889. The van der Waals surface area contributed by atoms with Gasteiger partial charge in [-0.1, -0.05) is 0 Å². The highest BCUT2D eigenvalue weighted by Crippen LogP contribution is 2.27. The highest BCUT2D eigenvalue weighted by atomic mass is 19.1. The van der Waals surface area contributed by atoms with Crippen molar-refractivity contribution in [1.82, 2.24) is 0 Å². The van der Waals surface area contributed by atoms with Gasteiger partial charge in [-0.15, -0.1) is 0 Å². The molecule has 0 saturated heterocycles. The van der Waals surface area contributed by atoms with Crippen molar-refractivity contribution in [3.63, 3.8) is 0 Å². The van der Waals surface area contributed by atoms with E-state index < -0.39 is 12.3 Å². The third-order valence-electron chi connectivity index (χ3n) is 2.35. The van der Waals surface area contributed by atoms with Crippen LogP contribution in [0, 0.1) is 5.92 Å². The summed E-state index contributed by atoms with van der Waals surface area (Å²) in [5.74, 6) is -0.629. The number of alkyl halides is 1. The van der Waals surface area contributed by atoms with Crippen molar-refractivity contribution in [3.8, 4) is 0 Å². The number of aliphatic hydroxyl groups excluding tert-OH is 1. The fourth-order valence-corrected chi connectivity index (χ4v) is 1.58. The van der Waals surface area contributed by atoms with Gasteiger partial charge in [0, 0.05) is 0 Å². The van der Waals surface area contributed by atoms with Crippen molar-refractivity contribution in [2.75, 3.05) is 6.61 Å². The molecule has 1 rings (SSSR count). The summed E-state index contributed by atoms with van der Waals surface area (Å²) in [6.45, 7) is 2.07. The van der Waals surface area contributed by atoms with Crippen LogP contribution in [0.3, 0.4) is 0 Å². The normalized spacial score (nSPS) is 34.2. The summed E-state index contributed by atoms with van der Waals surface area (Å²) in [5, 5.41) is 9.18. The zero-order valence-corrected chi connectivity index (χ0v) is 7.70. The predicted molar refractivity (Wildman–Crippen MR) is 44.9 cm³/mol. The molecule has 3 unspecified atom stereocenters. The minimum atomic E-state index is -1.18. The molecule has 13 heavy (non-hydrogen) atoms. The lowest BCUT2D eigenvalue weighted by atomic mass is 9.86. The van der Waals surface area contributed by atoms with Crippen LogP contribution in [0.2, 0.25) is 0 Å². The first kappa shape index (κ1) is 10.4. The second-order valence-corrected chi connectivity index (χ2v) is 3.35. The molecule has 3 atom stereocenters. The molecule has 0 spiro atoms. The van der Waals surface area contributed by atoms with Gasteiger partial charge in [0.25, 0.3) is 0 Å². The first-order chi connectivity index (χ1) is 6.15. The summed E-state index contributed by atoms with van der Waals surface area (Å²) < 4.78 is 17.6. The molecule has 1 aliphatic carbocycles. The number of carbonyl (C=O) groups is 1. The molecule has 0 aliphatic heterocycles. The Kier molecular flexibility index (Phi) is 3.66. The molecule has 0 aromatic heterocycles. The van der Waals surface area contributed by atoms with Crippen molar-refractivity contribution in [2.24, 2.45) is 5.92 Å². The average Bonchev–Trinajstić information content (AvgIpc) is 2.10. The molecule has 0 heterocycles. The molecular formula is C9H15FO3. The maximum absolute atomic E-state index is 12.8. The van der Waals surface area contributed by atoms with Gasteiger partial charge in [-0.05, 0) is 26.2 Å². The van der Waals surface area contributed by atoms with E-state index in [1.54, 1.807) is 6.92 Å².